The molecule has 0 bridgehead atoms. The molecule has 3 rings (SSSR count). The van der Waals surface area contributed by atoms with Crippen molar-refractivity contribution in [3.63, 3.8) is 0 Å². The molecule has 2 aromatic carbocycles. The van der Waals surface area contributed by atoms with Gasteiger partial charge in [-0.3, -0.25) is 13.9 Å². The second-order valence-corrected chi connectivity index (χ2v) is 11.5. The van der Waals surface area contributed by atoms with Gasteiger partial charge in [-0.05, 0) is 49.4 Å². The zero-order valence-electron chi connectivity index (χ0n) is 21.6. The van der Waals surface area contributed by atoms with Crippen LogP contribution in [0.15, 0.2) is 54.6 Å². The first-order chi connectivity index (χ1) is 17.9. The smallest absolute Gasteiger partial charge is 0.352 e. The van der Waals surface area contributed by atoms with E-state index in [1.807, 2.05) is 30.3 Å². The third-order valence-corrected chi connectivity index (χ3v) is 7.85. The van der Waals surface area contributed by atoms with Gasteiger partial charge in [0.1, 0.15) is 12.6 Å². The minimum Gasteiger partial charge on any atom is -0.352 e. The Hall–Kier alpha value is -3.08. The van der Waals surface area contributed by atoms with Gasteiger partial charge in [-0.25, -0.2) is 8.42 Å². The largest absolute Gasteiger partial charge is 0.416 e. The summed E-state index contributed by atoms with van der Waals surface area (Å²) in [5.74, 6) is -0.983. The Morgan fingerprint density at radius 2 is 1.71 bits per heavy atom. The molecule has 1 N–H and O–H groups in total. The lowest BCUT2D eigenvalue weighted by molar-refractivity contribution is -0.139. The molecule has 0 heterocycles. The summed E-state index contributed by atoms with van der Waals surface area (Å²) in [4.78, 5) is 28.2. The van der Waals surface area contributed by atoms with E-state index in [0.29, 0.717) is 23.2 Å². The number of nitrogens with zero attached hydrogens (tertiary/aromatic N) is 2. The van der Waals surface area contributed by atoms with Crippen LogP contribution in [0, 0.1) is 0 Å². The van der Waals surface area contributed by atoms with E-state index < -0.39 is 40.3 Å². The third-order valence-electron chi connectivity index (χ3n) is 6.71. The lowest BCUT2D eigenvalue weighted by Gasteiger charge is -2.33. The predicted octanol–water partition coefficient (Wildman–Crippen LogP) is 4.38. The first-order valence-electron chi connectivity index (χ1n) is 12.7. The first kappa shape index (κ1) is 29.5. The van der Waals surface area contributed by atoms with Crippen LogP contribution in [0.25, 0.3) is 0 Å². The Labute approximate surface area is 222 Å². The number of sulfonamides is 1. The van der Waals surface area contributed by atoms with Crippen LogP contribution in [0.3, 0.4) is 0 Å². The highest BCUT2D eigenvalue weighted by Gasteiger charge is 2.34. The second-order valence-electron chi connectivity index (χ2n) is 9.55. The average Bonchev–Trinajstić information content (AvgIpc) is 3.37. The van der Waals surface area contributed by atoms with Crippen LogP contribution in [-0.4, -0.2) is 56.6 Å². The maximum Gasteiger partial charge on any atom is 0.416 e. The summed E-state index contributed by atoms with van der Waals surface area (Å²) >= 11 is 0. The van der Waals surface area contributed by atoms with Crippen molar-refractivity contribution in [1.29, 1.82) is 0 Å². The zero-order chi connectivity index (χ0) is 27.9. The highest BCUT2D eigenvalue weighted by Crippen LogP contribution is 2.32. The summed E-state index contributed by atoms with van der Waals surface area (Å²) in [6.45, 7) is 1.17. The molecule has 0 saturated heterocycles. The number of anilines is 1. The topological polar surface area (TPSA) is 86.8 Å². The molecule has 2 aromatic rings. The molecule has 2 amide bonds. The summed E-state index contributed by atoms with van der Waals surface area (Å²) < 4.78 is 65.8. The number of nitrogens with one attached hydrogen (secondary N) is 1. The van der Waals surface area contributed by atoms with E-state index in [-0.39, 0.29) is 24.2 Å². The fraction of sp³-hybridized carbons (Fsp3) is 0.481. The van der Waals surface area contributed by atoms with Crippen LogP contribution < -0.4 is 9.62 Å². The Bertz CT molecular complexity index is 1200. The van der Waals surface area contributed by atoms with Crippen LogP contribution in [-0.2, 0) is 32.2 Å². The highest BCUT2D eigenvalue weighted by molar-refractivity contribution is 7.92. The Balaban J connectivity index is 1.90. The SMILES string of the molecule is CCC(C(=O)NC1CCCC1)N(CCc1ccccc1)C(=O)CN(c1cccc(C(F)(F)F)c1)S(C)(=O)=O. The predicted molar refractivity (Wildman–Crippen MR) is 140 cm³/mol. The number of alkyl halides is 3. The molecule has 7 nitrogen and oxygen atoms in total. The molecule has 38 heavy (non-hydrogen) atoms. The Kier molecular flexibility index (Phi) is 9.81. The lowest BCUT2D eigenvalue weighted by Crippen LogP contribution is -2.54. The third kappa shape index (κ3) is 7.96. The zero-order valence-corrected chi connectivity index (χ0v) is 22.4. The minimum atomic E-state index is -4.68. The van der Waals surface area contributed by atoms with E-state index in [0.717, 1.165) is 49.6 Å². The number of amides is 2. The number of hydrogen-bond acceptors (Lipinski definition) is 4. The molecular weight excluding hydrogens is 519 g/mol. The van der Waals surface area contributed by atoms with Gasteiger partial charge in [-0.2, -0.15) is 13.2 Å². The van der Waals surface area contributed by atoms with E-state index in [1.165, 1.54) is 11.0 Å². The molecule has 1 saturated carbocycles. The molecular formula is C27H34F3N3O4S. The van der Waals surface area contributed by atoms with Crippen LogP contribution in [0.1, 0.15) is 50.2 Å². The molecule has 0 radical (unpaired) electrons. The lowest BCUT2D eigenvalue weighted by atomic mass is 10.1. The first-order valence-corrected chi connectivity index (χ1v) is 14.5. The molecule has 0 aromatic heterocycles. The summed E-state index contributed by atoms with van der Waals surface area (Å²) in [5, 5.41) is 3.01. The van der Waals surface area contributed by atoms with Gasteiger partial charge in [0, 0.05) is 12.6 Å². The quantitative estimate of drug-likeness (QED) is 0.448. The van der Waals surface area contributed by atoms with Crippen molar-refractivity contribution < 1.29 is 31.2 Å². The van der Waals surface area contributed by atoms with Crippen molar-refractivity contribution in [3.8, 4) is 0 Å². The number of halogens is 3. The van der Waals surface area contributed by atoms with Crippen molar-refractivity contribution >= 4 is 27.5 Å². The number of hydrogen-bond donors (Lipinski definition) is 1. The number of benzene rings is 2. The highest BCUT2D eigenvalue weighted by atomic mass is 32.2. The second kappa shape index (κ2) is 12.6. The van der Waals surface area contributed by atoms with E-state index >= 15 is 0 Å². The van der Waals surface area contributed by atoms with E-state index in [1.54, 1.807) is 6.92 Å². The fourth-order valence-corrected chi connectivity index (χ4v) is 5.56. The van der Waals surface area contributed by atoms with Gasteiger partial charge in [0.2, 0.25) is 21.8 Å². The van der Waals surface area contributed by atoms with E-state index in [4.69, 9.17) is 0 Å². The Morgan fingerprint density at radius 1 is 1.05 bits per heavy atom. The van der Waals surface area contributed by atoms with E-state index in [2.05, 4.69) is 5.32 Å². The molecule has 0 aliphatic heterocycles. The minimum absolute atomic E-state index is 0.0280. The molecule has 1 atom stereocenters. The van der Waals surface area contributed by atoms with Crippen molar-refractivity contribution in [3.05, 3.63) is 65.7 Å². The molecule has 11 heteroatoms. The van der Waals surface area contributed by atoms with E-state index in [9.17, 15) is 31.2 Å². The normalized spacial score (nSPS) is 15.2. The molecule has 1 fully saturated rings. The molecule has 1 aliphatic rings. The van der Waals surface area contributed by atoms with Crippen LogP contribution in [0.2, 0.25) is 0 Å². The average molecular weight is 554 g/mol. The van der Waals surface area contributed by atoms with Gasteiger partial charge in [-0.15, -0.1) is 0 Å². The molecule has 1 aliphatic carbocycles. The monoisotopic (exact) mass is 553 g/mol. The van der Waals surface area contributed by atoms with Crippen molar-refractivity contribution in [2.24, 2.45) is 0 Å². The molecule has 0 spiro atoms. The van der Waals surface area contributed by atoms with Gasteiger partial charge in [0.05, 0.1) is 17.5 Å². The van der Waals surface area contributed by atoms with Crippen molar-refractivity contribution in [2.45, 2.75) is 63.7 Å². The van der Waals surface area contributed by atoms with Gasteiger partial charge >= 0.3 is 6.18 Å². The fourth-order valence-electron chi connectivity index (χ4n) is 4.71. The Morgan fingerprint density at radius 3 is 2.29 bits per heavy atom. The summed E-state index contributed by atoms with van der Waals surface area (Å²) in [7, 11) is -4.13. The summed E-state index contributed by atoms with van der Waals surface area (Å²) in [6.07, 6.45) is 0.603. The van der Waals surface area contributed by atoms with Crippen molar-refractivity contribution in [1.82, 2.24) is 10.2 Å². The summed E-state index contributed by atoms with van der Waals surface area (Å²) in [5.41, 5.74) is -0.379. The van der Waals surface area contributed by atoms with Gasteiger partial charge < -0.3 is 10.2 Å². The number of carbonyl (C=O) groups is 2. The summed E-state index contributed by atoms with van der Waals surface area (Å²) in [6, 6.07) is 12.3. The maximum absolute atomic E-state index is 13.6. The standard InChI is InChI=1S/C27H34F3N3O4S/c1-3-24(26(35)31-22-13-7-8-14-22)32(17-16-20-10-5-4-6-11-20)25(34)19-33(38(2,36)37)23-15-9-12-21(18-23)27(28,29)30/h4-6,9-12,15,18,22,24H,3,7-8,13-14,16-17,19H2,1-2H3,(H,31,35). The molecule has 208 valence electrons. The van der Waals surface area contributed by atoms with Crippen LogP contribution in [0.4, 0.5) is 18.9 Å². The number of carbonyl (C=O) groups excluding carboxylic acids is 2. The van der Waals surface area contributed by atoms with Gasteiger partial charge in [0.25, 0.3) is 0 Å². The molecule has 1 unspecified atom stereocenters. The van der Waals surface area contributed by atoms with Crippen LogP contribution in [0.5, 0.6) is 0 Å². The van der Waals surface area contributed by atoms with Crippen LogP contribution >= 0.6 is 0 Å². The van der Waals surface area contributed by atoms with Gasteiger partial charge in [0.15, 0.2) is 0 Å². The maximum atomic E-state index is 13.6. The van der Waals surface area contributed by atoms with Gasteiger partial charge in [-0.1, -0.05) is 56.2 Å². The number of rotatable bonds is 11. The van der Waals surface area contributed by atoms with Crippen molar-refractivity contribution in [2.75, 3.05) is 23.7 Å².